The maximum atomic E-state index is 15.0. The van der Waals surface area contributed by atoms with Crippen molar-refractivity contribution in [1.29, 1.82) is 0 Å². The Balaban J connectivity index is 1.38. The van der Waals surface area contributed by atoms with Crippen LogP contribution in [0.1, 0.15) is 128 Å². The van der Waals surface area contributed by atoms with Crippen LogP contribution in [0.3, 0.4) is 0 Å². The molecule has 6 rings (SSSR count). The number of pyridine rings is 1. The van der Waals surface area contributed by atoms with Crippen LogP contribution in [0.15, 0.2) is 89.1 Å². The van der Waals surface area contributed by atoms with Crippen LogP contribution in [0.4, 0.5) is 4.79 Å². The van der Waals surface area contributed by atoms with Crippen molar-refractivity contribution in [3.8, 4) is 11.5 Å². The van der Waals surface area contributed by atoms with E-state index in [0.717, 1.165) is 56.1 Å². The lowest BCUT2D eigenvalue weighted by atomic mass is 9.55. The van der Waals surface area contributed by atoms with E-state index in [9.17, 15) is 15.0 Å². The second kappa shape index (κ2) is 24.4. The maximum Gasteiger partial charge on any atom is 0.412 e. The number of para-hydroxylation sites is 1. The molecule has 1 saturated carbocycles. The number of nitrogens with zero attached hydrogens (tertiary/aromatic N) is 3. The van der Waals surface area contributed by atoms with Crippen molar-refractivity contribution in [2.24, 2.45) is 22.9 Å². The molecule has 13 nitrogen and oxygen atoms in total. The predicted molar refractivity (Wildman–Crippen MR) is 255 cm³/mol. The van der Waals surface area contributed by atoms with Gasteiger partial charge in [-0.3, -0.25) is 4.98 Å². The number of allylic oxidation sites excluding steroid dienone is 1. The number of sulfonamides is 1. The lowest BCUT2D eigenvalue weighted by Gasteiger charge is -2.59. The van der Waals surface area contributed by atoms with Gasteiger partial charge in [0.2, 0.25) is 15.8 Å². The van der Waals surface area contributed by atoms with E-state index in [0.29, 0.717) is 47.5 Å². The molecular formula is C51H72N4O9S. The molecule has 0 radical (unpaired) electrons. The van der Waals surface area contributed by atoms with Crippen LogP contribution in [0.25, 0.3) is 10.9 Å². The lowest BCUT2D eigenvalue weighted by molar-refractivity contribution is -0.250. The number of unbranched alkanes of at least 4 members (excludes halogenated alkanes) is 11. The van der Waals surface area contributed by atoms with Gasteiger partial charge in [-0.05, 0) is 79.8 Å². The van der Waals surface area contributed by atoms with Gasteiger partial charge in [0.1, 0.15) is 23.5 Å². The number of aliphatic hydroxyl groups excluding tert-OH is 2. The highest BCUT2D eigenvalue weighted by Crippen LogP contribution is 2.62. The number of ether oxygens (including phenoxy) is 3. The molecule has 0 spiro atoms. The van der Waals surface area contributed by atoms with Gasteiger partial charge in [-0.25, -0.2) is 13.2 Å². The van der Waals surface area contributed by atoms with Crippen LogP contribution in [0.2, 0.25) is 0 Å². The van der Waals surface area contributed by atoms with E-state index >= 15 is 8.42 Å². The second-order valence-electron chi connectivity index (χ2n) is 17.8. The van der Waals surface area contributed by atoms with E-state index in [4.69, 9.17) is 19.0 Å². The predicted octanol–water partition coefficient (Wildman–Crippen LogP) is 9.83. The van der Waals surface area contributed by atoms with Crippen LogP contribution in [0, 0.1) is 17.8 Å². The van der Waals surface area contributed by atoms with Gasteiger partial charge < -0.3 is 34.6 Å². The number of hydrogen-bond acceptors (Lipinski definition) is 11. The highest BCUT2D eigenvalue weighted by molar-refractivity contribution is 7.89. The van der Waals surface area contributed by atoms with Gasteiger partial charge >= 0.3 is 6.09 Å². The molecule has 2 aromatic carbocycles. The number of carbonyl (C=O) groups is 1. The number of nitrogens with one attached hydrogen (secondary N) is 1. The van der Waals surface area contributed by atoms with Crippen molar-refractivity contribution in [3.05, 3.63) is 84.6 Å². The zero-order valence-electron chi connectivity index (χ0n) is 38.8. The summed E-state index contributed by atoms with van der Waals surface area (Å²) in [5.41, 5.74) is 2.58. The number of aliphatic hydroxyl groups is 2. The molecule has 3 aliphatic rings. The highest BCUT2D eigenvalue weighted by atomic mass is 32.2. The summed E-state index contributed by atoms with van der Waals surface area (Å²) in [5, 5.41) is 28.0. The standard InChI is InChI=1S/C51H72N4O9S/c1-5-7-8-9-10-11-12-13-14-17-29-53-50(58)63-39-27-28-44-42(35-39)47-40(25-16-19-32-57)38(22-15-18-31-56)34-41-43(54-61-4)36-46(51(64-44,48(41)47)62-33-6-2)55(3)65(59,60)45-26-20-23-37-24-21-30-52-49(37)45/h6,20-21,23-24,26-28,30,34-35,38,40,46-48,56-57H,2,5,7-19,22,25,29,31-33,36H2,1,3-4H3,(H,53,58)/t38-,40+,46-,47+,48+,51+/m0/s1. The summed E-state index contributed by atoms with van der Waals surface area (Å²) < 4.78 is 51.5. The molecule has 1 aromatic heterocycles. The van der Waals surface area contributed by atoms with Crippen molar-refractivity contribution in [2.45, 2.75) is 139 Å². The summed E-state index contributed by atoms with van der Waals surface area (Å²) in [7, 11) is -1.23. The minimum Gasteiger partial charge on any atom is -0.460 e. The largest absolute Gasteiger partial charge is 0.460 e. The highest BCUT2D eigenvalue weighted by Gasteiger charge is 2.65. The molecule has 3 aromatic rings. The van der Waals surface area contributed by atoms with E-state index in [-0.39, 0.29) is 48.9 Å². The van der Waals surface area contributed by atoms with E-state index in [1.165, 1.54) is 56.4 Å². The average Bonchev–Trinajstić information content (AvgIpc) is 3.31. The van der Waals surface area contributed by atoms with Gasteiger partial charge in [0, 0.05) is 56.3 Å². The van der Waals surface area contributed by atoms with Gasteiger partial charge in [-0.15, -0.1) is 6.58 Å². The molecule has 2 aliphatic carbocycles. The van der Waals surface area contributed by atoms with Crippen LogP contribution < -0.4 is 14.8 Å². The smallest absolute Gasteiger partial charge is 0.412 e. The van der Waals surface area contributed by atoms with Crippen molar-refractivity contribution in [3.63, 3.8) is 0 Å². The zero-order valence-corrected chi connectivity index (χ0v) is 39.6. The van der Waals surface area contributed by atoms with E-state index in [1.807, 2.05) is 18.2 Å². The van der Waals surface area contributed by atoms with E-state index in [2.05, 4.69) is 35.0 Å². The molecule has 65 heavy (non-hydrogen) atoms. The lowest BCUT2D eigenvalue weighted by Crippen LogP contribution is -2.69. The van der Waals surface area contributed by atoms with Gasteiger partial charge in [-0.1, -0.05) is 113 Å². The van der Waals surface area contributed by atoms with Gasteiger partial charge in [0.05, 0.1) is 29.8 Å². The molecule has 0 unspecified atom stereocenters. The molecule has 1 aliphatic heterocycles. The Labute approximate surface area is 386 Å². The Bertz CT molecular complexity index is 2190. The van der Waals surface area contributed by atoms with E-state index in [1.54, 1.807) is 49.7 Å². The van der Waals surface area contributed by atoms with Gasteiger partial charge in [0.25, 0.3) is 0 Å². The average molecular weight is 917 g/mol. The number of carbonyl (C=O) groups excluding carboxylic acids is 1. The fourth-order valence-electron chi connectivity index (χ4n) is 10.4. The normalized spacial score (nSPS) is 23.1. The second-order valence-corrected chi connectivity index (χ2v) is 19.8. The summed E-state index contributed by atoms with van der Waals surface area (Å²) in [6.07, 6.45) is 21.3. The molecule has 2 heterocycles. The number of hydrogen-bond donors (Lipinski definition) is 3. The van der Waals surface area contributed by atoms with Crippen LogP contribution in [-0.4, -0.2) is 92.1 Å². The Morgan fingerprint density at radius 3 is 2.38 bits per heavy atom. The SMILES string of the molecule is C=CCO[C@@]12Oc3ccc(OC(=O)NCCCCCCCCCCCC)cc3[C@H]3[C@H](CCCCO)[C@@H](CCCCO)C=C(C(=NOC)C[C@@H]1N(C)S(=O)(=O)c1cccc4cccnc14)[C@H]32. The molecular weight excluding hydrogens is 845 g/mol. The summed E-state index contributed by atoms with van der Waals surface area (Å²) in [4.78, 5) is 23.3. The molecule has 1 fully saturated rings. The number of fused-ring (bicyclic) bond motifs is 3. The number of rotatable bonds is 27. The summed E-state index contributed by atoms with van der Waals surface area (Å²) in [6.45, 7) is 6.91. The number of benzene rings is 2. The van der Waals surface area contributed by atoms with E-state index < -0.39 is 33.9 Å². The number of oxime groups is 1. The summed E-state index contributed by atoms with van der Waals surface area (Å²) >= 11 is 0. The third-order valence-corrected chi connectivity index (χ3v) is 15.4. The minimum atomic E-state index is -4.26. The fourth-order valence-corrected chi connectivity index (χ4v) is 12.0. The Hall–Kier alpha value is -4.34. The van der Waals surface area contributed by atoms with Crippen LogP contribution >= 0.6 is 0 Å². The maximum absolute atomic E-state index is 15.0. The zero-order chi connectivity index (χ0) is 46.2. The summed E-state index contributed by atoms with van der Waals surface area (Å²) in [5.74, 6) is -1.74. The van der Waals surface area contributed by atoms with Crippen LogP contribution in [0.5, 0.6) is 11.5 Å². The first-order valence-electron chi connectivity index (χ1n) is 24.0. The topological polar surface area (TPSA) is 169 Å². The molecule has 6 atom stereocenters. The molecule has 356 valence electrons. The third kappa shape index (κ3) is 11.8. The number of aromatic nitrogens is 1. The fraction of sp³-hybridized carbons (Fsp3) is 0.588. The first kappa shape index (κ1) is 50.1. The third-order valence-electron chi connectivity index (χ3n) is 13.5. The number of likely N-dealkylation sites (N-methyl/N-ethyl adjacent to an activating group) is 1. The molecule has 0 saturated heterocycles. The Kier molecular flexibility index (Phi) is 18.8. The molecule has 1 amide bonds. The van der Waals surface area contributed by atoms with Gasteiger partial charge in [0.15, 0.2) is 0 Å². The monoisotopic (exact) mass is 917 g/mol. The quantitative estimate of drug-likeness (QED) is 0.0380. The molecule has 14 heteroatoms. The van der Waals surface area contributed by atoms with Crippen molar-refractivity contribution < 1.29 is 42.5 Å². The summed E-state index contributed by atoms with van der Waals surface area (Å²) in [6, 6.07) is 13.1. The van der Waals surface area contributed by atoms with Crippen molar-refractivity contribution in [1.82, 2.24) is 14.6 Å². The van der Waals surface area contributed by atoms with Crippen molar-refractivity contribution in [2.75, 3.05) is 40.5 Å². The van der Waals surface area contributed by atoms with Crippen LogP contribution in [-0.2, 0) is 19.6 Å². The Morgan fingerprint density at radius 1 is 0.969 bits per heavy atom. The minimum absolute atomic E-state index is 0.00954. The molecule has 0 bridgehead atoms. The van der Waals surface area contributed by atoms with Crippen molar-refractivity contribution >= 4 is 32.7 Å². The first-order chi connectivity index (χ1) is 31.6. The molecule has 3 N–H and O–H groups in total. The van der Waals surface area contributed by atoms with Gasteiger partial charge in [-0.2, -0.15) is 4.31 Å². The Morgan fingerprint density at radius 2 is 1.68 bits per heavy atom. The first-order valence-corrected chi connectivity index (χ1v) is 25.5. The number of amides is 1.